The number of fused-ring (bicyclic) bond motifs is 4. The highest BCUT2D eigenvalue weighted by Gasteiger charge is 2.20. The summed E-state index contributed by atoms with van der Waals surface area (Å²) < 4.78 is 45.4. The first kappa shape index (κ1) is 70.4. The van der Waals surface area contributed by atoms with Crippen molar-refractivity contribution in [2.45, 2.75) is 27.7 Å². The molecular formula is C77H58FN23O5S. The number of pyridine rings is 11. The number of rotatable bonds is 13. The molecule has 0 bridgehead atoms. The lowest BCUT2D eigenvalue weighted by Gasteiger charge is -2.10. The number of sulfonamides is 1. The summed E-state index contributed by atoms with van der Waals surface area (Å²) in [5.41, 5.74) is 28.7. The van der Waals surface area contributed by atoms with E-state index in [4.69, 9.17) is 11.5 Å². The quantitative estimate of drug-likeness (QED) is 0.0833. The SMILES string of the molecule is CC(=O)Nc1cccc(-c2ncccc2-c2ccc3ncc(C#N)n3c2)n1.CS(=O)(=O)Nc1cccc(-c2ncccc2-c2ccc3ncc(C#N)n3c2)n1.Cc1cc(C)nc(-c2ncccc2-c2ccc3ncc(C(N)=O)n3c2)c1.Cc1nc(-c2ncccc2-c2ccc3ncc(C(N)=O)n3n2)ccc1F. The van der Waals surface area contributed by atoms with E-state index in [0.29, 0.717) is 90.9 Å². The molecule has 16 aromatic heterocycles. The van der Waals surface area contributed by atoms with Gasteiger partial charge < -0.3 is 16.8 Å². The molecule has 0 saturated carbocycles. The zero-order valence-electron chi connectivity index (χ0n) is 57.3. The van der Waals surface area contributed by atoms with E-state index in [1.807, 2.05) is 129 Å². The second kappa shape index (κ2) is 30.3. The van der Waals surface area contributed by atoms with E-state index in [1.165, 1.54) is 36.1 Å². The highest BCUT2D eigenvalue weighted by atomic mass is 32.2. The number of carbonyl (C=O) groups excluding carboxylic acids is 3. The molecule has 0 spiro atoms. The number of amides is 3. The van der Waals surface area contributed by atoms with E-state index >= 15 is 0 Å². The minimum Gasteiger partial charge on any atom is -0.364 e. The molecular weight excluding hydrogens is 1380 g/mol. The number of aromatic nitrogens is 17. The van der Waals surface area contributed by atoms with E-state index < -0.39 is 21.8 Å². The molecule has 524 valence electrons. The smallest absolute Gasteiger partial charge is 0.269 e. The van der Waals surface area contributed by atoms with Crippen molar-refractivity contribution < 1.29 is 27.2 Å². The molecule has 16 heterocycles. The number of halogens is 1. The number of nitrogens with one attached hydrogen (secondary N) is 2. The summed E-state index contributed by atoms with van der Waals surface area (Å²) in [7, 11) is -3.44. The molecule has 16 aromatic rings. The van der Waals surface area contributed by atoms with Gasteiger partial charge in [0.2, 0.25) is 15.9 Å². The number of primary amides is 2. The van der Waals surface area contributed by atoms with E-state index in [-0.39, 0.29) is 28.9 Å². The van der Waals surface area contributed by atoms with Crippen LogP contribution in [0.5, 0.6) is 0 Å². The summed E-state index contributed by atoms with van der Waals surface area (Å²) in [4.78, 5) is 86.8. The maximum atomic E-state index is 13.5. The summed E-state index contributed by atoms with van der Waals surface area (Å²) in [6.45, 7) is 7.04. The molecule has 0 radical (unpaired) electrons. The van der Waals surface area contributed by atoms with Crippen molar-refractivity contribution >= 4 is 62.0 Å². The molecule has 107 heavy (non-hydrogen) atoms. The van der Waals surface area contributed by atoms with Gasteiger partial charge in [-0.1, -0.05) is 30.3 Å². The number of nitrogens with two attached hydrogens (primary N) is 2. The van der Waals surface area contributed by atoms with Gasteiger partial charge in [0, 0.05) is 94.9 Å². The molecule has 0 fully saturated rings. The Bertz CT molecular complexity index is 6360. The topological polar surface area (TPSA) is 394 Å². The number of hydrogen-bond donors (Lipinski definition) is 4. The fraction of sp³-hybridized carbons (Fsp3) is 0.0649. The Hall–Kier alpha value is -15.0. The summed E-state index contributed by atoms with van der Waals surface area (Å²) in [5, 5.41) is 25.7. The molecule has 6 N–H and O–H groups in total. The first-order chi connectivity index (χ1) is 51.7. The van der Waals surface area contributed by atoms with E-state index in [9.17, 15) is 37.7 Å². The van der Waals surface area contributed by atoms with Gasteiger partial charge in [0.1, 0.15) is 69.3 Å². The van der Waals surface area contributed by atoms with Gasteiger partial charge in [0.25, 0.3) is 11.8 Å². The third-order valence-electron chi connectivity index (χ3n) is 16.2. The third kappa shape index (κ3) is 15.6. The normalized spacial score (nSPS) is 11.0. The highest BCUT2D eigenvalue weighted by Crippen LogP contribution is 2.35. The maximum Gasteiger partial charge on any atom is 0.269 e. The van der Waals surface area contributed by atoms with Crippen molar-refractivity contribution in [3.05, 3.63) is 271 Å². The van der Waals surface area contributed by atoms with Crippen molar-refractivity contribution in [2.24, 2.45) is 11.5 Å². The standard InChI is InChI=1S/C20H14N6O.C20H17N5O.C19H14N6O2S.C18H13FN6O/c1-13(27)24-18-6-2-5-17(25-18)20-16(4-3-9-22-20)14-7-8-19-23-11-15(10-21)26(19)12-14;1-12-8-13(2)24-16(9-12)19-15(4-3-7-22-19)14-5-6-18-23-10-17(20(21)26)25(18)11-14;1-28(26,27)24-17-6-2-5-16(23-17)19-15(4-3-9-21-19)13-7-8-18-22-11-14(10-20)25(18)12-13;1-10-12(19)4-5-14(23-10)17-11(3-2-8-21-17)13-6-7-16-22-9-15(18(20)26)25(16)24-13/h2-9,11-12H,1H3,(H,24,25,27);3-11H,1-2H3,(H2,21,26);2-9,11-12H,1H3,(H,23,24);2-9H,1H3,(H2,20,26). The van der Waals surface area contributed by atoms with Crippen LogP contribution >= 0.6 is 0 Å². The van der Waals surface area contributed by atoms with Gasteiger partial charge in [-0.3, -0.25) is 57.2 Å². The number of carbonyl (C=O) groups is 3. The van der Waals surface area contributed by atoms with Crippen molar-refractivity contribution in [1.29, 1.82) is 10.5 Å². The van der Waals surface area contributed by atoms with Gasteiger partial charge >= 0.3 is 0 Å². The lowest BCUT2D eigenvalue weighted by Crippen LogP contribution is -2.15. The molecule has 3 amide bonds. The lowest BCUT2D eigenvalue weighted by molar-refractivity contribution is -0.114. The summed E-state index contributed by atoms with van der Waals surface area (Å²) >= 11 is 0. The van der Waals surface area contributed by atoms with Gasteiger partial charge in [-0.2, -0.15) is 15.6 Å². The number of nitrogens with zero attached hydrogens (tertiary/aromatic N) is 19. The van der Waals surface area contributed by atoms with Crippen LogP contribution in [0.15, 0.2) is 226 Å². The first-order valence-corrected chi connectivity index (χ1v) is 34.3. The predicted octanol–water partition coefficient (Wildman–Crippen LogP) is 11.6. The Kier molecular flexibility index (Phi) is 19.9. The Balaban J connectivity index is 0.000000126. The van der Waals surface area contributed by atoms with E-state index in [1.54, 1.807) is 106 Å². The second-order valence-corrected chi connectivity index (χ2v) is 25.6. The van der Waals surface area contributed by atoms with Crippen LogP contribution in [0.3, 0.4) is 0 Å². The molecule has 0 aromatic carbocycles. The van der Waals surface area contributed by atoms with Crippen LogP contribution in [0.4, 0.5) is 16.0 Å². The van der Waals surface area contributed by atoms with E-state index in [2.05, 4.69) is 87.1 Å². The van der Waals surface area contributed by atoms with Gasteiger partial charge in [-0.25, -0.2) is 52.2 Å². The van der Waals surface area contributed by atoms with Crippen LogP contribution < -0.4 is 21.5 Å². The Labute approximate surface area is 608 Å². The molecule has 0 aliphatic heterocycles. The van der Waals surface area contributed by atoms with Gasteiger partial charge in [0.05, 0.1) is 88.0 Å². The van der Waals surface area contributed by atoms with Crippen LogP contribution in [0, 0.1) is 49.3 Å². The minimum atomic E-state index is -3.44. The number of aryl methyl sites for hydroxylation is 3. The molecule has 0 aliphatic rings. The number of imidazole rings is 4. The monoisotopic (exact) mass is 1440 g/mol. The molecule has 16 rings (SSSR count). The lowest BCUT2D eigenvalue weighted by atomic mass is 10.0. The van der Waals surface area contributed by atoms with Crippen LogP contribution in [0.2, 0.25) is 0 Å². The summed E-state index contributed by atoms with van der Waals surface area (Å²) in [6.07, 6.45) is 19.3. The maximum absolute atomic E-state index is 13.5. The largest absolute Gasteiger partial charge is 0.364 e. The predicted molar refractivity (Wildman–Crippen MR) is 398 cm³/mol. The van der Waals surface area contributed by atoms with E-state index in [0.717, 1.165) is 62.3 Å². The zero-order chi connectivity index (χ0) is 75.0. The summed E-state index contributed by atoms with van der Waals surface area (Å²) in [6, 6.07) is 51.4. The number of nitriles is 2. The molecule has 0 aliphatic carbocycles. The molecule has 0 unspecified atom stereocenters. The Morgan fingerprint density at radius 2 is 0.916 bits per heavy atom. The van der Waals surface area contributed by atoms with Crippen LogP contribution in [-0.4, -0.2) is 115 Å². The third-order valence-corrected chi connectivity index (χ3v) is 16.8. The fourth-order valence-electron chi connectivity index (χ4n) is 11.6. The highest BCUT2D eigenvalue weighted by molar-refractivity contribution is 7.92. The molecule has 28 nitrogen and oxygen atoms in total. The summed E-state index contributed by atoms with van der Waals surface area (Å²) in [5.74, 6) is -1.02. The van der Waals surface area contributed by atoms with Crippen LogP contribution in [0.25, 0.3) is 113 Å². The molecule has 0 saturated heterocycles. The molecule has 0 atom stereocenters. The van der Waals surface area contributed by atoms with Crippen molar-refractivity contribution in [3.8, 4) is 102 Å². The van der Waals surface area contributed by atoms with Crippen molar-refractivity contribution in [2.75, 3.05) is 16.3 Å². The van der Waals surface area contributed by atoms with Crippen molar-refractivity contribution in [3.63, 3.8) is 0 Å². The fourth-order valence-corrected chi connectivity index (χ4v) is 12.1. The number of hydrogen-bond acceptors (Lipinski definition) is 20. The van der Waals surface area contributed by atoms with Gasteiger partial charge in [-0.15, -0.1) is 0 Å². The van der Waals surface area contributed by atoms with Crippen LogP contribution in [-0.2, 0) is 14.8 Å². The van der Waals surface area contributed by atoms with Gasteiger partial charge in [-0.05, 0) is 154 Å². The second-order valence-electron chi connectivity index (χ2n) is 23.9. The number of anilines is 2. The zero-order valence-corrected chi connectivity index (χ0v) is 58.2. The first-order valence-electron chi connectivity index (χ1n) is 32.4. The average molecular weight is 1440 g/mol. The van der Waals surface area contributed by atoms with Gasteiger partial charge in [0.15, 0.2) is 5.65 Å². The Morgan fingerprint density at radius 1 is 0.467 bits per heavy atom. The van der Waals surface area contributed by atoms with Crippen LogP contribution in [0.1, 0.15) is 56.2 Å². The Morgan fingerprint density at radius 3 is 1.43 bits per heavy atom. The average Bonchev–Trinajstić information content (AvgIpc) is 1.76. The molecule has 30 heteroatoms. The van der Waals surface area contributed by atoms with Crippen molar-refractivity contribution in [1.82, 2.24) is 82.6 Å². The minimum absolute atomic E-state index is 0.183.